The summed E-state index contributed by atoms with van der Waals surface area (Å²) >= 11 is 6.84. The molecule has 1 atom stereocenters. The van der Waals surface area contributed by atoms with Crippen LogP contribution in [0.1, 0.15) is 30.1 Å². The third-order valence-corrected chi connectivity index (χ3v) is 4.12. The Labute approximate surface area is 130 Å². The lowest BCUT2D eigenvalue weighted by Gasteiger charge is -2.23. The zero-order chi connectivity index (χ0) is 13.8. The molecule has 1 aromatic carbocycles. The van der Waals surface area contributed by atoms with E-state index in [4.69, 9.17) is 4.74 Å². The molecule has 5 heteroatoms. The van der Waals surface area contributed by atoms with E-state index in [1.807, 2.05) is 23.1 Å². The van der Waals surface area contributed by atoms with Crippen LogP contribution in [0.5, 0.6) is 0 Å². The minimum absolute atomic E-state index is 0.0750. The van der Waals surface area contributed by atoms with E-state index in [9.17, 15) is 4.79 Å². The highest BCUT2D eigenvalue weighted by Crippen LogP contribution is 2.22. The molecular formula is C14H17Br2NO2. The standard InChI is InChI=1S/C14H17Br2NO2/c1-2-13-9-17(4-3-5-19-13)14(18)10-6-11(15)8-12(16)7-10/h6-8,13H,2-5,9H2,1H3. The van der Waals surface area contributed by atoms with Gasteiger partial charge in [0.1, 0.15) is 0 Å². The maximum atomic E-state index is 12.5. The number of halogens is 2. The van der Waals surface area contributed by atoms with Gasteiger partial charge in [0.05, 0.1) is 6.10 Å². The van der Waals surface area contributed by atoms with E-state index in [2.05, 4.69) is 38.8 Å². The van der Waals surface area contributed by atoms with Crippen molar-refractivity contribution in [3.05, 3.63) is 32.7 Å². The number of amides is 1. The third-order valence-electron chi connectivity index (χ3n) is 3.20. The number of carbonyl (C=O) groups excluding carboxylic acids is 1. The Balaban J connectivity index is 2.17. The van der Waals surface area contributed by atoms with Crippen LogP contribution in [0.2, 0.25) is 0 Å². The van der Waals surface area contributed by atoms with Crippen molar-refractivity contribution >= 4 is 37.8 Å². The van der Waals surface area contributed by atoms with Crippen molar-refractivity contribution in [3.8, 4) is 0 Å². The lowest BCUT2D eigenvalue weighted by Crippen LogP contribution is -2.36. The van der Waals surface area contributed by atoms with Crippen molar-refractivity contribution in [3.63, 3.8) is 0 Å². The van der Waals surface area contributed by atoms with Crippen molar-refractivity contribution < 1.29 is 9.53 Å². The molecule has 0 aliphatic carbocycles. The van der Waals surface area contributed by atoms with Crippen LogP contribution in [0, 0.1) is 0 Å². The zero-order valence-electron chi connectivity index (χ0n) is 10.9. The number of rotatable bonds is 2. The van der Waals surface area contributed by atoms with Crippen LogP contribution in [0.4, 0.5) is 0 Å². The predicted octanol–water partition coefficient (Wildman–Crippen LogP) is 3.85. The van der Waals surface area contributed by atoms with Crippen LogP contribution in [0.25, 0.3) is 0 Å². The average molecular weight is 391 g/mol. The van der Waals surface area contributed by atoms with Crippen LogP contribution in [0.15, 0.2) is 27.1 Å². The topological polar surface area (TPSA) is 29.5 Å². The first-order chi connectivity index (χ1) is 9.10. The average Bonchev–Trinajstić information content (AvgIpc) is 2.62. The molecule has 0 saturated carbocycles. The van der Waals surface area contributed by atoms with E-state index in [0.717, 1.165) is 34.9 Å². The van der Waals surface area contributed by atoms with Gasteiger partial charge in [-0.2, -0.15) is 0 Å². The maximum Gasteiger partial charge on any atom is 0.254 e. The molecule has 0 aromatic heterocycles. The summed E-state index contributed by atoms with van der Waals surface area (Å²) in [4.78, 5) is 14.4. The molecule has 3 nitrogen and oxygen atoms in total. The first kappa shape index (κ1) is 15.0. The largest absolute Gasteiger partial charge is 0.376 e. The second-order valence-corrected chi connectivity index (χ2v) is 6.50. The lowest BCUT2D eigenvalue weighted by atomic mass is 10.1. The Morgan fingerprint density at radius 2 is 2.05 bits per heavy atom. The first-order valence-corrected chi connectivity index (χ1v) is 8.05. The van der Waals surface area contributed by atoms with Crippen molar-refractivity contribution in [1.82, 2.24) is 4.90 Å². The quantitative estimate of drug-likeness (QED) is 0.767. The molecule has 1 amide bonds. The maximum absolute atomic E-state index is 12.5. The molecule has 0 N–H and O–H groups in total. The summed E-state index contributed by atoms with van der Waals surface area (Å²) in [6.07, 6.45) is 1.99. The second-order valence-electron chi connectivity index (χ2n) is 4.66. The monoisotopic (exact) mass is 389 g/mol. The zero-order valence-corrected chi connectivity index (χ0v) is 14.0. The van der Waals surface area contributed by atoms with Gasteiger partial charge in [0.2, 0.25) is 0 Å². The van der Waals surface area contributed by atoms with Gasteiger partial charge in [-0.25, -0.2) is 0 Å². The molecule has 1 aliphatic rings. The van der Waals surface area contributed by atoms with Crippen molar-refractivity contribution in [1.29, 1.82) is 0 Å². The third kappa shape index (κ3) is 4.04. The van der Waals surface area contributed by atoms with Gasteiger partial charge in [0.25, 0.3) is 5.91 Å². The van der Waals surface area contributed by atoms with E-state index >= 15 is 0 Å². The van der Waals surface area contributed by atoms with Crippen LogP contribution in [-0.4, -0.2) is 36.6 Å². The summed E-state index contributed by atoms with van der Waals surface area (Å²) in [5.74, 6) is 0.0750. The number of hydrogen-bond acceptors (Lipinski definition) is 2. The molecule has 1 aromatic rings. The molecule has 1 heterocycles. The normalized spacial score (nSPS) is 20.2. The van der Waals surface area contributed by atoms with E-state index in [0.29, 0.717) is 12.1 Å². The predicted molar refractivity (Wildman–Crippen MR) is 82.4 cm³/mol. The molecule has 2 rings (SSSR count). The van der Waals surface area contributed by atoms with Gasteiger partial charge in [-0.3, -0.25) is 4.79 Å². The highest BCUT2D eigenvalue weighted by molar-refractivity contribution is 9.11. The van der Waals surface area contributed by atoms with Gasteiger partial charge < -0.3 is 9.64 Å². The molecule has 0 bridgehead atoms. The van der Waals surface area contributed by atoms with E-state index in [1.54, 1.807) is 0 Å². The number of carbonyl (C=O) groups is 1. The minimum atomic E-state index is 0.0750. The molecule has 1 fully saturated rings. The van der Waals surface area contributed by atoms with E-state index < -0.39 is 0 Å². The molecule has 19 heavy (non-hydrogen) atoms. The Bertz CT molecular complexity index is 445. The Kier molecular flexibility index (Phi) is 5.42. The first-order valence-electron chi connectivity index (χ1n) is 6.47. The summed E-state index contributed by atoms with van der Waals surface area (Å²) in [6, 6.07) is 5.65. The minimum Gasteiger partial charge on any atom is -0.376 e. The Hall–Kier alpha value is -0.390. The molecule has 0 radical (unpaired) electrons. The SMILES string of the molecule is CCC1CN(C(=O)c2cc(Br)cc(Br)c2)CCCO1. The van der Waals surface area contributed by atoms with E-state index in [-0.39, 0.29) is 12.0 Å². The second kappa shape index (κ2) is 6.86. The number of benzene rings is 1. The fourth-order valence-corrected chi connectivity index (χ4v) is 3.48. The van der Waals surface area contributed by atoms with Crippen LogP contribution in [-0.2, 0) is 4.74 Å². The van der Waals surface area contributed by atoms with Crippen LogP contribution < -0.4 is 0 Å². The molecule has 1 unspecified atom stereocenters. The highest BCUT2D eigenvalue weighted by Gasteiger charge is 2.22. The van der Waals surface area contributed by atoms with Crippen LogP contribution >= 0.6 is 31.9 Å². The van der Waals surface area contributed by atoms with Gasteiger partial charge in [-0.15, -0.1) is 0 Å². The molecular weight excluding hydrogens is 374 g/mol. The molecule has 104 valence electrons. The number of nitrogens with zero attached hydrogens (tertiary/aromatic N) is 1. The fourth-order valence-electron chi connectivity index (χ4n) is 2.19. The summed E-state index contributed by atoms with van der Waals surface area (Å²) < 4.78 is 7.52. The van der Waals surface area contributed by atoms with Crippen molar-refractivity contribution in [2.45, 2.75) is 25.9 Å². The molecule has 1 saturated heterocycles. The molecule has 1 aliphatic heterocycles. The summed E-state index contributed by atoms with van der Waals surface area (Å²) in [5, 5.41) is 0. The van der Waals surface area contributed by atoms with Crippen molar-refractivity contribution in [2.75, 3.05) is 19.7 Å². The van der Waals surface area contributed by atoms with Crippen molar-refractivity contribution in [2.24, 2.45) is 0 Å². The summed E-state index contributed by atoms with van der Waals surface area (Å²) in [5.41, 5.74) is 0.706. The highest BCUT2D eigenvalue weighted by atomic mass is 79.9. The Morgan fingerprint density at radius 3 is 2.68 bits per heavy atom. The number of ether oxygens (including phenoxy) is 1. The van der Waals surface area contributed by atoms with E-state index in [1.165, 1.54) is 0 Å². The summed E-state index contributed by atoms with van der Waals surface area (Å²) in [6.45, 7) is 4.28. The Morgan fingerprint density at radius 1 is 1.37 bits per heavy atom. The molecule has 0 spiro atoms. The lowest BCUT2D eigenvalue weighted by molar-refractivity contribution is 0.0460. The van der Waals surface area contributed by atoms with Gasteiger partial charge in [0, 0.05) is 34.2 Å². The van der Waals surface area contributed by atoms with Gasteiger partial charge in [-0.1, -0.05) is 38.8 Å². The van der Waals surface area contributed by atoms with Crippen LogP contribution in [0.3, 0.4) is 0 Å². The smallest absolute Gasteiger partial charge is 0.254 e. The fraction of sp³-hybridized carbons (Fsp3) is 0.500. The van der Waals surface area contributed by atoms with Gasteiger partial charge in [0.15, 0.2) is 0 Å². The number of hydrogen-bond donors (Lipinski definition) is 0. The van der Waals surface area contributed by atoms with Gasteiger partial charge in [-0.05, 0) is 31.0 Å². The van der Waals surface area contributed by atoms with Gasteiger partial charge >= 0.3 is 0 Å². The summed E-state index contributed by atoms with van der Waals surface area (Å²) in [7, 11) is 0.